The first kappa shape index (κ1) is 28.4. The van der Waals surface area contributed by atoms with Crippen LogP contribution in [0.4, 0.5) is 0 Å². The quantitative estimate of drug-likeness (QED) is 0.478. The molecule has 0 bridgehead atoms. The summed E-state index contributed by atoms with van der Waals surface area (Å²) in [6.07, 6.45) is 15.1. The average molecular weight is 393 g/mol. The first-order chi connectivity index (χ1) is 14.2. The molecule has 0 aliphatic heterocycles. The minimum absolute atomic E-state index is 0.107. The molecule has 2 aromatic carbocycles. The normalized spacial score (nSPS) is 8.38. The van der Waals surface area contributed by atoms with Crippen LogP contribution in [0.3, 0.4) is 0 Å². The van der Waals surface area contributed by atoms with Crippen molar-refractivity contribution in [2.75, 3.05) is 0 Å². The molecular weight excluding hydrogens is 356 g/mol. The summed E-state index contributed by atoms with van der Waals surface area (Å²) in [5.74, 6) is 5.20. The molecule has 0 saturated carbocycles. The Morgan fingerprint density at radius 2 is 1.07 bits per heavy atom. The average Bonchev–Trinajstić information content (AvgIpc) is 2.81. The molecule has 0 spiro atoms. The van der Waals surface area contributed by atoms with E-state index in [1.165, 1.54) is 11.1 Å². The van der Waals surface area contributed by atoms with E-state index in [1.54, 1.807) is 0 Å². The maximum absolute atomic E-state index is 10.2. The second kappa shape index (κ2) is 21.5. The van der Waals surface area contributed by atoms with Gasteiger partial charge in [0.15, 0.2) is 0 Å². The number of aliphatic hydroxyl groups is 1. The lowest BCUT2D eigenvalue weighted by Gasteiger charge is -1.99. The van der Waals surface area contributed by atoms with Gasteiger partial charge < -0.3 is 9.90 Å². The molecule has 0 radical (unpaired) electrons. The molecule has 2 heteroatoms. The molecule has 0 heterocycles. The number of rotatable bonds is 7. The van der Waals surface area contributed by atoms with E-state index in [4.69, 9.17) is 18.0 Å². The molecule has 29 heavy (non-hydrogen) atoms. The number of aliphatic hydroxyl groups excluding tert-OH is 1. The predicted molar refractivity (Wildman–Crippen MR) is 126 cm³/mol. The highest BCUT2D eigenvalue weighted by molar-refractivity contribution is 5.54. The van der Waals surface area contributed by atoms with Crippen molar-refractivity contribution in [2.45, 2.75) is 66.4 Å². The van der Waals surface area contributed by atoms with Crippen LogP contribution in [0.15, 0.2) is 48.5 Å². The fourth-order valence-electron chi connectivity index (χ4n) is 2.18. The number of aryl methyl sites for hydroxylation is 2. The molecule has 0 atom stereocenters. The second-order valence-corrected chi connectivity index (χ2v) is 5.57. The summed E-state index contributed by atoms with van der Waals surface area (Å²) < 4.78 is 0. The van der Waals surface area contributed by atoms with Crippen molar-refractivity contribution in [1.29, 1.82) is 0 Å². The van der Waals surface area contributed by atoms with Crippen LogP contribution < -0.4 is 0 Å². The van der Waals surface area contributed by atoms with Gasteiger partial charge in [0.25, 0.3) is 0 Å². The molecule has 156 valence electrons. The minimum atomic E-state index is 0.107. The molecule has 2 nitrogen and oxygen atoms in total. The van der Waals surface area contributed by atoms with Crippen LogP contribution in [0.1, 0.15) is 62.8 Å². The number of aldehydes is 1. The second-order valence-electron chi connectivity index (χ2n) is 5.57. The van der Waals surface area contributed by atoms with E-state index in [0.29, 0.717) is 6.42 Å². The van der Waals surface area contributed by atoms with E-state index < -0.39 is 0 Å². The summed E-state index contributed by atoms with van der Waals surface area (Å²) in [6, 6.07) is 15.8. The van der Waals surface area contributed by atoms with Gasteiger partial charge in [0.05, 0.1) is 6.61 Å². The van der Waals surface area contributed by atoms with E-state index >= 15 is 0 Å². The summed E-state index contributed by atoms with van der Waals surface area (Å²) in [7, 11) is 0. The highest BCUT2D eigenvalue weighted by Crippen LogP contribution is 2.07. The smallest absolute Gasteiger partial charge is 0.124 e. The standard InChI is InChI=1S/C12H12O.C11H12O.2C2H6/c1-2-3-4-11-5-7-12(8-6-11)9-10-13;1-2-3-4-10-5-7-11(9-12)8-6-10;2*1-2/h1,5-8,10H,3-4,9H2;1,5-8,12H,3-4,9H2;2*1-2H3. The van der Waals surface area contributed by atoms with Crippen LogP contribution in [0.25, 0.3) is 0 Å². The van der Waals surface area contributed by atoms with E-state index in [0.717, 1.165) is 43.1 Å². The molecular formula is C27H36O2. The van der Waals surface area contributed by atoms with Gasteiger partial charge in [-0.15, -0.1) is 24.7 Å². The Morgan fingerprint density at radius 3 is 1.38 bits per heavy atom. The van der Waals surface area contributed by atoms with E-state index in [1.807, 2.05) is 76.2 Å². The van der Waals surface area contributed by atoms with Gasteiger partial charge in [-0.25, -0.2) is 0 Å². The Hall–Kier alpha value is -2.81. The summed E-state index contributed by atoms with van der Waals surface area (Å²) in [5.41, 5.74) is 4.46. The molecule has 0 aromatic heterocycles. The van der Waals surface area contributed by atoms with Crippen molar-refractivity contribution in [1.82, 2.24) is 0 Å². The van der Waals surface area contributed by atoms with Gasteiger partial charge in [0.1, 0.15) is 6.29 Å². The van der Waals surface area contributed by atoms with Gasteiger partial charge in [-0.2, -0.15) is 0 Å². The third-order valence-electron chi connectivity index (χ3n) is 3.66. The molecule has 0 aliphatic carbocycles. The first-order valence-corrected chi connectivity index (χ1v) is 10.3. The lowest BCUT2D eigenvalue weighted by atomic mass is 10.1. The highest BCUT2D eigenvalue weighted by Gasteiger charge is 1.93. The monoisotopic (exact) mass is 392 g/mol. The largest absolute Gasteiger partial charge is 0.392 e. The van der Waals surface area contributed by atoms with Crippen molar-refractivity contribution in [3.8, 4) is 24.7 Å². The van der Waals surface area contributed by atoms with Crippen LogP contribution in [0, 0.1) is 24.7 Å². The van der Waals surface area contributed by atoms with Gasteiger partial charge in [-0.1, -0.05) is 76.2 Å². The first-order valence-electron chi connectivity index (χ1n) is 10.3. The molecule has 2 rings (SSSR count). The number of carbonyl (C=O) groups excluding carboxylic acids is 1. The maximum atomic E-state index is 10.2. The van der Waals surface area contributed by atoms with Crippen molar-refractivity contribution in [2.24, 2.45) is 0 Å². The van der Waals surface area contributed by atoms with Crippen LogP contribution in [-0.2, 0) is 30.7 Å². The number of carbonyl (C=O) groups is 1. The molecule has 0 unspecified atom stereocenters. The van der Waals surface area contributed by atoms with Crippen molar-refractivity contribution >= 4 is 6.29 Å². The van der Waals surface area contributed by atoms with Crippen LogP contribution in [0.5, 0.6) is 0 Å². The fourth-order valence-corrected chi connectivity index (χ4v) is 2.18. The van der Waals surface area contributed by atoms with Gasteiger partial charge in [-0.05, 0) is 35.1 Å². The maximum Gasteiger partial charge on any atom is 0.124 e. The Bertz CT molecular complexity index is 698. The van der Waals surface area contributed by atoms with Crippen molar-refractivity contribution in [3.05, 3.63) is 70.8 Å². The van der Waals surface area contributed by atoms with Crippen LogP contribution in [-0.4, -0.2) is 11.4 Å². The Kier molecular flexibility index (Phi) is 21.0. The lowest BCUT2D eigenvalue weighted by molar-refractivity contribution is -0.107. The Balaban J connectivity index is 0. The van der Waals surface area contributed by atoms with Gasteiger partial charge in [-0.3, -0.25) is 0 Å². The number of hydrogen-bond acceptors (Lipinski definition) is 2. The summed E-state index contributed by atoms with van der Waals surface area (Å²) in [4.78, 5) is 10.2. The number of benzene rings is 2. The molecule has 0 amide bonds. The zero-order chi connectivity index (χ0) is 22.3. The molecule has 0 aliphatic rings. The summed E-state index contributed by atoms with van der Waals surface area (Å²) in [5, 5.41) is 8.77. The minimum Gasteiger partial charge on any atom is -0.392 e. The van der Waals surface area contributed by atoms with Crippen molar-refractivity contribution in [3.63, 3.8) is 0 Å². The third kappa shape index (κ3) is 14.9. The lowest BCUT2D eigenvalue weighted by Crippen LogP contribution is -1.87. The zero-order valence-electron chi connectivity index (χ0n) is 18.4. The van der Waals surface area contributed by atoms with E-state index in [9.17, 15) is 4.79 Å². The number of hydrogen-bond donors (Lipinski definition) is 1. The van der Waals surface area contributed by atoms with Crippen LogP contribution >= 0.6 is 0 Å². The summed E-state index contributed by atoms with van der Waals surface area (Å²) >= 11 is 0. The molecule has 0 saturated heterocycles. The number of terminal acetylenes is 2. The van der Waals surface area contributed by atoms with Crippen LogP contribution in [0.2, 0.25) is 0 Å². The van der Waals surface area contributed by atoms with Crippen molar-refractivity contribution < 1.29 is 9.90 Å². The third-order valence-corrected chi connectivity index (χ3v) is 3.66. The Labute approximate surface area is 178 Å². The van der Waals surface area contributed by atoms with Gasteiger partial charge >= 0.3 is 0 Å². The fraction of sp³-hybridized carbons (Fsp3) is 0.370. The molecule has 1 N–H and O–H groups in total. The summed E-state index contributed by atoms with van der Waals surface area (Å²) in [6.45, 7) is 8.11. The predicted octanol–water partition coefficient (Wildman–Crippen LogP) is 5.79. The van der Waals surface area contributed by atoms with E-state index in [-0.39, 0.29) is 6.61 Å². The topological polar surface area (TPSA) is 37.3 Å². The van der Waals surface area contributed by atoms with Gasteiger partial charge in [0.2, 0.25) is 0 Å². The van der Waals surface area contributed by atoms with Gasteiger partial charge in [0, 0.05) is 19.3 Å². The zero-order valence-corrected chi connectivity index (χ0v) is 18.4. The SMILES string of the molecule is C#CCCc1ccc(CC=O)cc1.C#CCCc1ccc(CO)cc1.CC.CC. The van der Waals surface area contributed by atoms with E-state index in [2.05, 4.69) is 11.8 Å². The Morgan fingerprint density at radius 1 is 0.724 bits per heavy atom. The molecule has 0 fully saturated rings. The highest BCUT2D eigenvalue weighted by atomic mass is 16.3. The molecule has 2 aromatic rings.